The number of aliphatic hydroxyl groups is 1. The topological polar surface area (TPSA) is 115 Å². The van der Waals surface area contributed by atoms with Gasteiger partial charge in [-0.15, -0.1) is 0 Å². The van der Waals surface area contributed by atoms with Crippen LogP contribution in [0.2, 0.25) is 0 Å². The maximum absolute atomic E-state index is 13.4. The van der Waals surface area contributed by atoms with Crippen molar-refractivity contribution in [2.24, 2.45) is 0 Å². The van der Waals surface area contributed by atoms with Crippen LogP contribution in [-0.2, 0) is 14.3 Å². The Hall–Kier alpha value is -4.44. The minimum atomic E-state index is -1.12. The third-order valence-corrected chi connectivity index (χ3v) is 6.87. The number of hydrogen-bond donors (Lipinski definition) is 1. The SMILES string of the molecule is C=CCOC(=O)c1sc(N2C(=O)C(=O)/C(=C(\O)c3ccccc3)C2c2cccc(OC)c2OC)nc1C. The van der Waals surface area contributed by atoms with Crippen LogP contribution in [0.1, 0.15) is 32.5 Å². The van der Waals surface area contributed by atoms with Crippen molar-refractivity contribution < 1.29 is 33.7 Å². The predicted molar refractivity (Wildman–Crippen MR) is 138 cm³/mol. The predicted octanol–water partition coefficient (Wildman–Crippen LogP) is 4.44. The number of rotatable bonds is 8. The van der Waals surface area contributed by atoms with E-state index in [0.29, 0.717) is 22.6 Å². The summed E-state index contributed by atoms with van der Waals surface area (Å²) in [6, 6.07) is 12.3. The number of hydrogen-bond acceptors (Lipinski definition) is 9. The van der Waals surface area contributed by atoms with Crippen molar-refractivity contribution in [1.29, 1.82) is 0 Å². The van der Waals surface area contributed by atoms with Crippen molar-refractivity contribution in [3.05, 3.63) is 88.5 Å². The Morgan fingerprint density at radius 3 is 2.51 bits per heavy atom. The molecule has 1 unspecified atom stereocenters. The van der Waals surface area contributed by atoms with Gasteiger partial charge >= 0.3 is 11.9 Å². The monoisotopic (exact) mass is 520 g/mol. The van der Waals surface area contributed by atoms with E-state index < -0.39 is 23.7 Å². The molecule has 1 amide bonds. The number of ether oxygens (including phenoxy) is 3. The van der Waals surface area contributed by atoms with Gasteiger partial charge in [0.25, 0.3) is 5.78 Å². The summed E-state index contributed by atoms with van der Waals surface area (Å²) >= 11 is 0.909. The molecule has 0 aliphatic carbocycles. The van der Waals surface area contributed by atoms with Crippen LogP contribution in [0, 0.1) is 6.92 Å². The van der Waals surface area contributed by atoms with Gasteiger partial charge in [0.2, 0.25) is 0 Å². The van der Waals surface area contributed by atoms with Crippen molar-refractivity contribution in [3.8, 4) is 11.5 Å². The van der Waals surface area contributed by atoms with E-state index in [9.17, 15) is 19.5 Å². The molecule has 3 aromatic rings. The van der Waals surface area contributed by atoms with Crippen LogP contribution >= 0.6 is 11.3 Å². The first kappa shape index (κ1) is 25.6. The summed E-state index contributed by atoms with van der Waals surface area (Å²) in [5.41, 5.74) is 0.931. The fraction of sp³-hybridized carbons (Fsp3) is 0.185. The van der Waals surface area contributed by atoms with Crippen molar-refractivity contribution in [3.63, 3.8) is 0 Å². The normalized spacial score (nSPS) is 16.5. The molecule has 10 heteroatoms. The van der Waals surface area contributed by atoms with E-state index in [0.717, 1.165) is 16.2 Å². The molecule has 190 valence electrons. The van der Waals surface area contributed by atoms with Gasteiger partial charge in [0.15, 0.2) is 16.6 Å². The zero-order chi connectivity index (χ0) is 26.7. The average Bonchev–Trinajstić information content (AvgIpc) is 3.43. The molecule has 0 radical (unpaired) electrons. The number of aryl methyl sites for hydroxylation is 1. The Morgan fingerprint density at radius 2 is 1.86 bits per heavy atom. The second-order valence-electron chi connectivity index (χ2n) is 7.92. The summed E-state index contributed by atoms with van der Waals surface area (Å²) in [7, 11) is 2.90. The van der Waals surface area contributed by atoms with Gasteiger partial charge in [0.05, 0.1) is 25.5 Å². The van der Waals surface area contributed by atoms with E-state index in [4.69, 9.17) is 14.2 Å². The van der Waals surface area contributed by atoms with Crippen LogP contribution in [0.25, 0.3) is 5.76 Å². The highest BCUT2D eigenvalue weighted by Crippen LogP contribution is 2.48. The number of para-hydroxylation sites is 1. The molecule has 1 aromatic heterocycles. The van der Waals surface area contributed by atoms with Gasteiger partial charge in [-0.1, -0.05) is 66.5 Å². The van der Waals surface area contributed by atoms with Crippen molar-refractivity contribution >= 4 is 39.9 Å². The van der Waals surface area contributed by atoms with Gasteiger partial charge in [0.1, 0.15) is 23.3 Å². The minimum Gasteiger partial charge on any atom is -0.507 e. The Morgan fingerprint density at radius 1 is 1.14 bits per heavy atom. The number of esters is 1. The Balaban J connectivity index is 1.96. The van der Waals surface area contributed by atoms with Crippen LogP contribution in [0.3, 0.4) is 0 Å². The number of thiazole rings is 1. The summed E-state index contributed by atoms with van der Waals surface area (Å²) in [6.45, 7) is 5.14. The van der Waals surface area contributed by atoms with Gasteiger partial charge in [0, 0.05) is 11.1 Å². The van der Waals surface area contributed by atoms with Gasteiger partial charge in [-0.3, -0.25) is 14.5 Å². The quantitative estimate of drug-likeness (QED) is 0.152. The van der Waals surface area contributed by atoms with Crippen molar-refractivity contribution in [2.45, 2.75) is 13.0 Å². The smallest absolute Gasteiger partial charge is 0.350 e. The zero-order valence-electron chi connectivity index (χ0n) is 20.4. The molecule has 1 aliphatic heterocycles. The van der Waals surface area contributed by atoms with E-state index in [1.807, 2.05) is 0 Å². The zero-order valence-corrected chi connectivity index (χ0v) is 21.2. The van der Waals surface area contributed by atoms with Crippen LogP contribution in [0.4, 0.5) is 5.13 Å². The first-order valence-corrected chi connectivity index (χ1v) is 12.0. The maximum atomic E-state index is 13.4. The highest BCUT2D eigenvalue weighted by molar-refractivity contribution is 7.17. The van der Waals surface area contributed by atoms with Gasteiger partial charge in [-0.2, -0.15) is 0 Å². The molecule has 2 heterocycles. The molecule has 1 saturated heterocycles. The molecular weight excluding hydrogens is 496 g/mol. The number of nitrogens with zero attached hydrogens (tertiary/aromatic N) is 2. The van der Waals surface area contributed by atoms with E-state index in [-0.39, 0.29) is 33.7 Å². The molecule has 37 heavy (non-hydrogen) atoms. The number of amides is 1. The second kappa shape index (κ2) is 10.7. The van der Waals surface area contributed by atoms with Gasteiger partial charge < -0.3 is 19.3 Å². The molecule has 1 atom stereocenters. The van der Waals surface area contributed by atoms with E-state index in [2.05, 4.69) is 11.6 Å². The summed E-state index contributed by atoms with van der Waals surface area (Å²) in [5, 5.41) is 11.3. The molecule has 0 spiro atoms. The first-order valence-electron chi connectivity index (χ1n) is 11.2. The maximum Gasteiger partial charge on any atom is 0.350 e. The van der Waals surface area contributed by atoms with Crippen LogP contribution in [0.15, 0.2) is 66.8 Å². The minimum absolute atomic E-state index is 0.00804. The fourth-order valence-corrected chi connectivity index (χ4v) is 5.07. The Kier molecular flexibility index (Phi) is 7.40. The lowest BCUT2D eigenvalue weighted by molar-refractivity contribution is -0.132. The van der Waals surface area contributed by atoms with Crippen LogP contribution < -0.4 is 14.4 Å². The molecular formula is C27H24N2O7S. The summed E-state index contributed by atoms with van der Waals surface area (Å²) < 4.78 is 16.2. The number of aliphatic hydroxyl groups excluding tert-OH is 1. The lowest BCUT2D eigenvalue weighted by atomic mass is 9.94. The lowest BCUT2D eigenvalue weighted by Gasteiger charge is -2.25. The summed E-state index contributed by atoms with van der Waals surface area (Å²) in [5.74, 6) is -2.14. The van der Waals surface area contributed by atoms with E-state index in [1.165, 1.54) is 20.3 Å². The number of anilines is 1. The van der Waals surface area contributed by atoms with Crippen molar-refractivity contribution in [1.82, 2.24) is 4.98 Å². The number of ketones is 1. The number of benzene rings is 2. The molecule has 1 fully saturated rings. The van der Waals surface area contributed by atoms with Gasteiger partial charge in [-0.25, -0.2) is 9.78 Å². The highest BCUT2D eigenvalue weighted by Gasteiger charge is 2.49. The molecule has 4 rings (SSSR count). The average molecular weight is 521 g/mol. The number of methoxy groups -OCH3 is 2. The number of Topliss-reactive ketones (excluding diaryl/α,β-unsaturated/α-hetero) is 1. The lowest BCUT2D eigenvalue weighted by Crippen LogP contribution is -2.29. The molecule has 1 N–H and O–H groups in total. The molecule has 0 saturated carbocycles. The molecule has 0 bridgehead atoms. The van der Waals surface area contributed by atoms with E-state index >= 15 is 0 Å². The van der Waals surface area contributed by atoms with Gasteiger partial charge in [-0.05, 0) is 13.0 Å². The fourth-order valence-electron chi connectivity index (χ4n) is 4.08. The molecule has 9 nitrogen and oxygen atoms in total. The second-order valence-corrected chi connectivity index (χ2v) is 8.89. The number of aromatic nitrogens is 1. The number of carbonyl (C=O) groups excluding carboxylic acids is 3. The standard InChI is InChI=1S/C27H24N2O7S/c1-5-14-36-26(33)24-15(2)28-27(37-24)29-20(17-12-9-13-18(34-3)23(17)35-4)19(22(31)25(29)32)21(30)16-10-7-6-8-11-16/h5-13,20,30H,1,14H2,2-4H3/b21-19-. The Bertz CT molecular complexity index is 1410. The largest absolute Gasteiger partial charge is 0.507 e. The Labute approximate surface area is 217 Å². The summed E-state index contributed by atoms with van der Waals surface area (Å²) in [4.78, 5) is 45.1. The van der Waals surface area contributed by atoms with E-state index in [1.54, 1.807) is 55.5 Å². The molecule has 2 aromatic carbocycles. The summed E-state index contributed by atoms with van der Waals surface area (Å²) in [6.07, 6.45) is 1.44. The van der Waals surface area contributed by atoms with Crippen LogP contribution in [-0.4, -0.2) is 48.6 Å². The highest BCUT2D eigenvalue weighted by atomic mass is 32.1. The third-order valence-electron chi connectivity index (χ3n) is 5.73. The van der Waals surface area contributed by atoms with Crippen molar-refractivity contribution in [2.75, 3.05) is 25.7 Å². The molecule has 1 aliphatic rings. The van der Waals surface area contributed by atoms with Crippen LogP contribution in [0.5, 0.6) is 11.5 Å². The third kappa shape index (κ3) is 4.58. The number of carbonyl (C=O) groups is 3. The first-order chi connectivity index (χ1) is 17.8.